The van der Waals surface area contributed by atoms with Crippen molar-refractivity contribution in [2.75, 3.05) is 35.3 Å². The normalized spacial score (nSPS) is 14.7. The second kappa shape index (κ2) is 12.0. The second-order valence-electron chi connectivity index (χ2n) is 11.2. The van der Waals surface area contributed by atoms with Gasteiger partial charge in [0.1, 0.15) is 5.15 Å². The fraction of sp³-hybridized carbons (Fsp3) is 0.323. The lowest BCUT2D eigenvalue weighted by Gasteiger charge is -2.34. The molecule has 5 aromatic rings. The average Bonchev–Trinajstić information content (AvgIpc) is 3.43. The van der Waals surface area contributed by atoms with Gasteiger partial charge in [-0.2, -0.15) is 5.10 Å². The number of aryl methyl sites for hydroxylation is 1. The molecule has 0 aliphatic carbocycles. The molecule has 1 amide bonds. The van der Waals surface area contributed by atoms with E-state index in [0.29, 0.717) is 22.5 Å². The number of fused-ring (bicyclic) bond motifs is 2. The predicted molar refractivity (Wildman–Crippen MR) is 179 cm³/mol. The summed E-state index contributed by atoms with van der Waals surface area (Å²) < 4.78 is 6.44. The van der Waals surface area contributed by atoms with Crippen LogP contribution >= 0.6 is 23.5 Å². The number of nitrogens with zero attached hydrogens (tertiary/aromatic N) is 6. The van der Waals surface area contributed by atoms with Crippen LogP contribution in [0, 0.1) is 6.92 Å². The zero-order valence-corrected chi connectivity index (χ0v) is 26.5. The van der Waals surface area contributed by atoms with Crippen LogP contribution in [0.1, 0.15) is 53.5 Å². The lowest BCUT2D eigenvalue weighted by molar-refractivity contribution is 0.0980. The number of benzene rings is 2. The molecule has 3 aromatic heterocycles. The minimum Gasteiger partial charge on any atom is -0.399 e. The fourth-order valence-electron chi connectivity index (χ4n) is 6.00. The molecule has 4 heterocycles. The molecule has 13 heteroatoms. The molecule has 6 rings (SSSR count). The lowest BCUT2D eigenvalue weighted by Crippen LogP contribution is -2.39. The first-order chi connectivity index (χ1) is 21.1. The highest BCUT2D eigenvalue weighted by molar-refractivity contribution is 7.97. The van der Waals surface area contributed by atoms with E-state index in [1.807, 2.05) is 50.4 Å². The summed E-state index contributed by atoms with van der Waals surface area (Å²) in [7, 11) is 1.78. The van der Waals surface area contributed by atoms with Crippen molar-refractivity contribution in [1.82, 2.24) is 29.0 Å². The number of nitrogen functional groups attached to an aromatic ring is 1. The van der Waals surface area contributed by atoms with Crippen molar-refractivity contribution in [1.29, 1.82) is 0 Å². The van der Waals surface area contributed by atoms with E-state index in [-0.39, 0.29) is 34.4 Å². The van der Waals surface area contributed by atoms with Crippen LogP contribution in [0.2, 0.25) is 5.15 Å². The van der Waals surface area contributed by atoms with E-state index >= 15 is 0 Å². The number of rotatable bonds is 7. The molecule has 1 atom stereocenters. The predicted octanol–water partition coefficient (Wildman–Crippen LogP) is 5.24. The first kappa shape index (κ1) is 29.8. The van der Waals surface area contributed by atoms with Crippen molar-refractivity contribution in [2.24, 2.45) is 7.05 Å². The van der Waals surface area contributed by atoms with E-state index < -0.39 is 0 Å². The fourth-order valence-corrected chi connectivity index (χ4v) is 6.43. The van der Waals surface area contributed by atoms with E-state index in [1.54, 1.807) is 30.0 Å². The third-order valence-corrected chi connectivity index (χ3v) is 8.75. The average molecular weight is 632 g/mol. The Labute approximate surface area is 263 Å². The molecular formula is C31H34ClN9O2S. The highest BCUT2D eigenvalue weighted by Crippen LogP contribution is 2.32. The smallest absolute Gasteiger partial charge is 0.281 e. The molecule has 0 saturated carbocycles. The van der Waals surface area contributed by atoms with Crippen LogP contribution in [0.4, 0.5) is 17.3 Å². The van der Waals surface area contributed by atoms with E-state index in [4.69, 9.17) is 22.3 Å². The van der Waals surface area contributed by atoms with Gasteiger partial charge in [0, 0.05) is 43.0 Å². The van der Waals surface area contributed by atoms with Gasteiger partial charge in [-0.25, -0.2) is 9.97 Å². The third kappa shape index (κ3) is 5.55. The van der Waals surface area contributed by atoms with Crippen molar-refractivity contribution in [3.63, 3.8) is 0 Å². The summed E-state index contributed by atoms with van der Waals surface area (Å²) in [4.78, 5) is 38.0. The number of amides is 1. The monoisotopic (exact) mass is 631 g/mol. The molecule has 0 spiro atoms. The van der Waals surface area contributed by atoms with Gasteiger partial charge < -0.3 is 16.0 Å². The van der Waals surface area contributed by atoms with Crippen LogP contribution in [-0.4, -0.2) is 49.6 Å². The molecule has 228 valence electrons. The summed E-state index contributed by atoms with van der Waals surface area (Å²) in [5.41, 5.74) is 10.8. The maximum absolute atomic E-state index is 13.7. The Morgan fingerprint density at radius 1 is 1.14 bits per heavy atom. The maximum Gasteiger partial charge on any atom is 0.281 e. The largest absolute Gasteiger partial charge is 0.399 e. The van der Waals surface area contributed by atoms with Crippen molar-refractivity contribution in [2.45, 2.75) is 38.8 Å². The van der Waals surface area contributed by atoms with Gasteiger partial charge in [0.25, 0.3) is 11.5 Å². The number of carbonyl (C=O) groups is 1. The number of carbonyl (C=O) groups excluding carboxylic acids is 1. The summed E-state index contributed by atoms with van der Waals surface area (Å²) in [6.07, 6.45) is 5.35. The van der Waals surface area contributed by atoms with Crippen molar-refractivity contribution in [3.05, 3.63) is 81.0 Å². The molecule has 1 aliphatic rings. The first-order valence-corrected chi connectivity index (χ1v) is 16.0. The zero-order chi connectivity index (χ0) is 31.1. The van der Waals surface area contributed by atoms with E-state index in [9.17, 15) is 9.59 Å². The number of halogens is 1. The van der Waals surface area contributed by atoms with Crippen LogP contribution in [0.5, 0.6) is 0 Å². The van der Waals surface area contributed by atoms with Gasteiger partial charge in [-0.3, -0.25) is 23.6 Å². The van der Waals surface area contributed by atoms with Gasteiger partial charge in [0.15, 0.2) is 5.69 Å². The second-order valence-corrected chi connectivity index (χ2v) is 12.2. The van der Waals surface area contributed by atoms with E-state index in [1.165, 1.54) is 11.9 Å². The molecule has 0 radical (unpaired) electrons. The van der Waals surface area contributed by atoms with Gasteiger partial charge in [0.05, 0.1) is 40.4 Å². The molecule has 1 saturated heterocycles. The minimum absolute atomic E-state index is 0.104. The lowest BCUT2D eigenvalue weighted by atomic mass is 10.0. The number of hydrogen-bond donors (Lipinski definition) is 3. The summed E-state index contributed by atoms with van der Waals surface area (Å²) in [6, 6.07) is 13.1. The SMILES string of the molecule is CSNC(=O)c1nc(Cl)ccc1NC(C)c1cc(C)cc2c(=O)n(C)c(N3CCC(n4ncc5cc(N)ccc54)CC3)nc12. The Balaban J connectivity index is 1.31. The number of nitrogens with one attached hydrogen (secondary N) is 2. The summed E-state index contributed by atoms with van der Waals surface area (Å²) in [6.45, 7) is 5.39. The van der Waals surface area contributed by atoms with Gasteiger partial charge in [0.2, 0.25) is 5.95 Å². The molecule has 1 fully saturated rings. The Bertz CT molecular complexity index is 1950. The van der Waals surface area contributed by atoms with Gasteiger partial charge in [-0.1, -0.05) is 29.6 Å². The number of hydrogen-bond acceptors (Lipinski definition) is 9. The van der Waals surface area contributed by atoms with Crippen molar-refractivity contribution in [3.8, 4) is 0 Å². The third-order valence-electron chi connectivity index (χ3n) is 8.15. The quantitative estimate of drug-likeness (QED) is 0.125. The Morgan fingerprint density at radius 2 is 1.91 bits per heavy atom. The number of piperidine rings is 1. The molecule has 11 nitrogen and oxygen atoms in total. The van der Waals surface area contributed by atoms with E-state index in [0.717, 1.165) is 53.6 Å². The zero-order valence-electron chi connectivity index (χ0n) is 25.0. The molecular weight excluding hydrogens is 598 g/mol. The highest BCUT2D eigenvalue weighted by atomic mass is 35.5. The van der Waals surface area contributed by atoms with Crippen LogP contribution in [0.25, 0.3) is 21.8 Å². The van der Waals surface area contributed by atoms with Gasteiger partial charge >= 0.3 is 0 Å². The number of nitrogens with two attached hydrogens (primary N) is 1. The molecule has 1 unspecified atom stereocenters. The molecule has 4 N–H and O–H groups in total. The standard InChI is InChI=1S/C31H34ClN9O2S/c1-17-13-22(18(2)35-24-6-8-26(32)36-28(24)29(42)38-44-4)27-23(14-17)30(43)39(3)31(37-27)40-11-9-21(10-12-40)41-25-7-5-20(33)15-19(25)16-34-41/h5-8,13-16,18,21,35H,9-12,33H2,1-4H3,(H,38,42). The summed E-state index contributed by atoms with van der Waals surface area (Å²) in [5, 5.41) is 9.88. The van der Waals surface area contributed by atoms with Crippen molar-refractivity contribution < 1.29 is 4.79 Å². The summed E-state index contributed by atoms with van der Waals surface area (Å²) >= 11 is 7.30. The molecule has 0 bridgehead atoms. The highest BCUT2D eigenvalue weighted by Gasteiger charge is 2.26. The first-order valence-electron chi connectivity index (χ1n) is 14.4. The van der Waals surface area contributed by atoms with Gasteiger partial charge in [-0.15, -0.1) is 0 Å². The number of pyridine rings is 1. The summed E-state index contributed by atoms with van der Waals surface area (Å²) in [5.74, 6) is 0.276. The minimum atomic E-state index is -0.353. The van der Waals surface area contributed by atoms with Crippen LogP contribution < -0.4 is 26.2 Å². The number of aromatic nitrogens is 5. The van der Waals surface area contributed by atoms with Crippen LogP contribution in [0.3, 0.4) is 0 Å². The van der Waals surface area contributed by atoms with Gasteiger partial charge in [-0.05, 0) is 68.7 Å². The van der Waals surface area contributed by atoms with Crippen LogP contribution in [-0.2, 0) is 7.05 Å². The Kier molecular flexibility index (Phi) is 8.12. The molecule has 1 aliphatic heterocycles. The topological polar surface area (TPSA) is 136 Å². The Hall–Kier alpha value is -4.29. The van der Waals surface area contributed by atoms with Crippen LogP contribution in [0.15, 0.2) is 53.5 Å². The Morgan fingerprint density at radius 3 is 2.66 bits per heavy atom. The van der Waals surface area contributed by atoms with E-state index in [2.05, 4.69) is 29.7 Å². The number of anilines is 3. The van der Waals surface area contributed by atoms with Crippen molar-refractivity contribution >= 4 is 68.6 Å². The maximum atomic E-state index is 13.7. The molecule has 44 heavy (non-hydrogen) atoms. The molecule has 2 aromatic carbocycles.